The van der Waals surface area contributed by atoms with Gasteiger partial charge in [0.2, 0.25) is 23.2 Å². The molecule has 1 atom stereocenters. The first-order valence-electron chi connectivity index (χ1n) is 9.71. The fourth-order valence-electron chi connectivity index (χ4n) is 3.40. The van der Waals surface area contributed by atoms with E-state index in [2.05, 4.69) is 50.2 Å². The molecule has 0 saturated carbocycles. The van der Waals surface area contributed by atoms with Gasteiger partial charge in [0.15, 0.2) is 5.69 Å². The molecule has 6 nitrogen and oxygen atoms in total. The average Bonchev–Trinajstić information content (AvgIpc) is 2.92. The molecular weight excluding hydrogens is 464 g/mol. The molecule has 0 radical (unpaired) electrons. The summed E-state index contributed by atoms with van der Waals surface area (Å²) in [6.45, 7) is 3.96. The number of hydrogen-bond donors (Lipinski definition) is 0. The van der Waals surface area contributed by atoms with Gasteiger partial charge in [-0.1, -0.05) is 65.8 Å². The molecule has 3 aromatic rings. The zero-order valence-electron chi connectivity index (χ0n) is 16.9. The quantitative estimate of drug-likeness (QED) is 0.460. The molecule has 0 saturated heterocycles. The van der Waals surface area contributed by atoms with Crippen LogP contribution in [0.3, 0.4) is 0 Å². The third kappa shape index (κ3) is 3.81. The number of carbonyl (C=O) groups excluding carboxylic acids is 1. The second-order valence-corrected chi connectivity index (χ2v) is 8.49. The van der Waals surface area contributed by atoms with E-state index >= 15 is 0 Å². The van der Waals surface area contributed by atoms with Crippen molar-refractivity contribution in [2.45, 2.75) is 38.1 Å². The maximum Gasteiger partial charge on any atom is 0.247 e. The van der Waals surface area contributed by atoms with E-state index in [0.717, 1.165) is 27.7 Å². The third-order valence-electron chi connectivity index (χ3n) is 4.99. The van der Waals surface area contributed by atoms with Gasteiger partial charge >= 0.3 is 0 Å². The summed E-state index contributed by atoms with van der Waals surface area (Å²) in [4.78, 5) is 19.4. The topological polar surface area (TPSA) is 68.2 Å². The summed E-state index contributed by atoms with van der Waals surface area (Å²) in [5, 5.41) is 9.10. The first-order valence-corrected chi connectivity index (χ1v) is 11.7. The molecule has 154 valence electrons. The molecule has 1 aromatic heterocycles. The van der Waals surface area contributed by atoms with Crippen LogP contribution in [-0.2, 0) is 11.2 Å². The maximum atomic E-state index is 13.1. The van der Waals surface area contributed by atoms with E-state index in [0.29, 0.717) is 23.2 Å². The van der Waals surface area contributed by atoms with Crippen LogP contribution in [0, 0.1) is 0 Å². The van der Waals surface area contributed by atoms with E-state index in [9.17, 15) is 4.79 Å². The molecule has 0 spiro atoms. The third-order valence-corrected chi connectivity index (χ3v) is 6.02. The predicted molar refractivity (Wildman–Crippen MR) is 122 cm³/mol. The van der Waals surface area contributed by atoms with Crippen molar-refractivity contribution in [1.82, 2.24) is 15.2 Å². The molecular formula is C22H21BrN4O2S. The Morgan fingerprint density at radius 1 is 1.17 bits per heavy atom. The largest absolute Gasteiger partial charge is 0.447 e. The highest BCUT2D eigenvalue weighted by Gasteiger charge is 2.35. The van der Waals surface area contributed by atoms with Crippen LogP contribution >= 0.6 is 27.7 Å². The summed E-state index contributed by atoms with van der Waals surface area (Å²) >= 11 is 4.92. The highest BCUT2D eigenvalue weighted by Crippen LogP contribution is 2.44. The lowest BCUT2D eigenvalue weighted by atomic mass is 10.1. The molecule has 1 aliphatic rings. The zero-order chi connectivity index (χ0) is 21.3. The van der Waals surface area contributed by atoms with E-state index < -0.39 is 6.23 Å². The van der Waals surface area contributed by atoms with Gasteiger partial charge in [0.05, 0.1) is 5.69 Å². The number of nitrogens with zero attached hydrogens (tertiary/aromatic N) is 4. The lowest BCUT2D eigenvalue weighted by Crippen LogP contribution is -2.37. The van der Waals surface area contributed by atoms with Crippen LogP contribution in [0.4, 0.5) is 5.69 Å². The molecule has 0 N–H and O–H groups in total. The Balaban J connectivity index is 1.96. The van der Waals surface area contributed by atoms with Gasteiger partial charge in [-0.15, -0.1) is 10.2 Å². The monoisotopic (exact) mass is 484 g/mol. The molecule has 1 amide bonds. The fraction of sp³-hybridized carbons (Fsp3) is 0.273. The second kappa shape index (κ2) is 8.73. The summed E-state index contributed by atoms with van der Waals surface area (Å²) in [6.07, 6.45) is 2.51. The van der Waals surface area contributed by atoms with Crippen molar-refractivity contribution in [2.24, 2.45) is 0 Å². The van der Waals surface area contributed by atoms with Gasteiger partial charge in [-0.05, 0) is 36.4 Å². The number of aryl methyl sites for hydroxylation is 1. The van der Waals surface area contributed by atoms with Crippen LogP contribution in [0.1, 0.15) is 37.6 Å². The molecule has 0 aliphatic carbocycles. The summed E-state index contributed by atoms with van der Waals surface area (Å²) in [6, 6.07) is 13.9. The number of amides is 1. The van der Waals surface area contributed by atoms with Gasteiger partial charge in [-0.25, -0.2) is 0 Å². The van der Waals surface area contributed by atoms with Crippen molar-refractivity contribution in [3.63, 3.8) is 0 Å². The van der Waals surface area contributed by atoms with Crippen molar-refractivity contribution < 1.29 is 9.53 Å². The van der Waals surface area contributed by atoms with Crippen LogP contribution in [0.25, 0.3) is 11.3 Å². The number of rotatable bonds is 4. The molecule has 1 aliphatic heterocycles. The van der Waals surface area contributed by atoms with Crippen molar-refractivity contribution in [2.75, 3.05) is 11.2 Å². The first-order chi connectivity index (χ1) is 14.5. The number of aromatic nitrogens is 3. The number of halogens is 1. The number of fused-ring (bicyclic) bond motifs is 3. The van der Waals surface area contributed by atoms with E-state index in [1.54, 1.807) is 4.90 Å². The highest BCUT2D eigenvalue weighted by molar-refractivity contribution is 9.10. The number of hydrogen-bond acceptors (Lipinski definition) is 6. The molecule has 8 heteroatoms. The highest BCUT2D eigenvalue weighted by atomic mass is 79.9. The molecule has 2 aromatic carbocycles. The van der Waals surface area contributed by atoms with Crippen molar-refractivity contribution >= 4 is 39.3 Å². The minimum atomic E-state index is -0.657. The maximum absolute atomic E-state index is 13.1. The number of carbonyl (C=O) groups is 1. The first kappa shape index (κ1) is 20.8. The van der Waals surface area contributed by atoms with Crippen LogP contribution in [0.5, 0.6) is 5.88 Å². The van der Waals surface area contributed by atoms with E-state index in [4.69, 9.17) is 4.74 Å². The molecule has 4 rings (SSSR count). The van der Waals surface area contributed by atoms with Crippen LogP contribution in [0.2, 0.25) is 0 Å². The van der Waals surface area contributed by atoms with Crippen molar-refractivity contribution in [1.29, 1.82) is 0 Å². The molecule has 2 heterocycles. The number of ether oxygens (including phenoxy) is 1. The summed E-state index contributed by atoms with van der Waals surface area (Å²) in [5.41, 5.74) is 4.09. The molecule has 30 heavy (non-hydrogen) atoms. The summed E-state index contributed by atoms with van der Waals surface area (Å²) in [7, 11) is 0. The Bertz CT molecular complexity index is 1090. The standard InChI is InChI=1S/C22H21BrN4O2S/c1-4-13-6-8-14(9-7-13)21-27(18(28)5-2)17-11-10-15(23)12-16(17)19-20(29-21)24-22(30-3)26-25-19/h6-12,21H,4-5H2,1-3H3/t21-/m0/s1. The van der Waals surface area contributed by atoms with Crippen LogP contribution < -0.4 is 9.64 Å². The number of anilines is 1. The van der Waals surface area contributed by atoms with E-state index in [1.165, 1.54) is 17.3 Å². The fourth-order valence-corrected chi connectivity index (χ4v) is 4.06. The number of thioether (sulfide) groups is 1. The average molecular weight is 485 g/mol. The van der Waals surface area contributed by atoms with E-state index in [-0.39, 0.29) is 5.91 Å². The van der Waals surface area contributed by atoms with Gasteiger partial charge in [-0.2, -0.15) is 4.98 Å². The molecule has 0 fully saturated rings. The van der Waals surface area contributed by atoms with Gasteiger partial charge in [0.1, 0.15) is 0 Å². The van der Waals surface area contributed by atoms with Crippen LogP contribution in [0.15, 0.2) is 52.1 Å². The summed E-state index contributed by atoms with van der Waals surface area (Å²) < 4.78 is 7.25. The van der Waals surface area contributed by atoms with Gasteiger partial charge < -0.3 is 4.74 Å². The smallest absolute Gasteiger partial charge is 0.247 e. The van der Waals surface area contributed by atoms with Gasteiger partial charge in [0.25, 0.3) is 0 Å². The van der Waals surface area contributed by atoms with Crippen molar-refractivity contribution in [3.05, 3.63) is 58.1 Å². The van der Waals surface area contributed by atoms with E-state index in [1.807, 2.05) is 43.5 Å². The Morgan fingerprint density at radius 2 is 1.93 bits per heavy atom. The van der Waals surface area contributed by atoms with Gasteiger partial charge in [-0.3, -0.25) is 9.69 Å². The lowest BCUT2D eigenvalue weighted by Gasteiger charge is -2.30. The van der Waals surface area contributed by atoms with Gasteiger partial charge in [0, 0.05) is 22.0 Å². The number of benzene rings is 2. The Morgan fingerprint density at radius 3 is 2.60 bits per heavy atom. The van der Waals surface area contributed by atoms with Crippen LogP contribution in [-0.4, -0.2) is 27.3 Å². The summed E-state index contributed by atoms with van der Waals surface area (Å²) in [5.74, 6) is 0.318. The predicted octanol–water partition coefficient (Wildman–Crippen LogP) is 5.42. The Kier molecular flexibility index (Phi) is 6.06. The molecule has 0 bridgehead atoms. The lowest BCUT2D eigenvalue weighted by molar-refractivity contribution is -0.120. The minimum Gasteiger partial charge on any atom is -0.447 e. The Hall–Kier alpha value is -2.45. The SMILES string of the molecule is CCC(=O)N1c2ccc(Br)cc2-c2nnc(SC)nc2O[C@H]1c1ccc(CC)cc1. The Labute approximate surface area is 188 Å². The normalized spacial score (nSPS) is 15.1. The minimum absolute atomic E-state index is 0.0472. The zero-order valence-corrected chi connectivity index (χ0v) is 19.3. The molecule has 0 unspecified atom stereocenters. The van der Waals surface area contributed by atoms with Crippen molar-refractivity contribution in [3.8, 4) is 17.1 Å². The second-order valence-electron chi connectivity index (χ2n) is 6.80.